The van der Waals surface area contributed by atoms with Gasteiger partial charge >= 0.3 is 5.97 Å². The maximum atomic E-state index is 10.6. The number of ether oxygens (including phenoxy) is 1. The molecule has 6 heteroatoms. The van der Waals surface area contributed by atoms with Crippen LogP contribution in [0.4, 0.5) is 0 Å². The number of carbonyl (C=O) groups is 2. The molecule has 0 heterocycles. The van der Waals surface area contributed by atoms with Crippen LogP contribution in [0.1, 0.15) is 16.8 Å². The molecule has 0 atom stereocenters. The summed E-state index contributed by atoms with van der Waals surface area (Å²) >= 11 is 5.78. The van der Waals surface area contributed by atoms with E-state index in [1.165, 1.54) is 18.2 Å². The average molecular weight is 244 g/mol. The zero-order valence-corrected chi connectivity index (χ0v) is 9.03. The Kier molecular flexibility index (Phi) is 4.13. The van der Waals surface area contributed by atoms with Crippen molar-refractivity contribution in [2.24, 2.45) is 5.73 Å². The van der Waals surface area contributed by atoms with E-state index in [9.17, 15) is 9.59 Å². The highest BCUT2D eigenvalue weighted by atomic mass is 35.5. The summed E-state index contributed by atoms with van der Waals surface area (Å²) in [5.74, 6) is -1.21. The van der Waals surface area contributed by atoms with Crippen molar-refractivity contribution in [2.75, 3.05) is 6.61 Å². The van der Waals surface area contributed by atoms with Crippen LogP contribution >= 0.6 is 11.6 Å². The first-order valence-electron chi connectivity index (χ1n) is 4.44. The molecule has 0 unspecified atom stereocenters. The van der Waals surface area contributed by atoms with Gasteiger partial charge in [0, 0.05) is 0 Å². The lowest BCUT2D eigenvalue weighted by molar-refractivity contribution is -0.118. The number of carboxylic acid groups (broad SMARTS) is 1. The number of carboxylic acids is 1. The molecule has 1 rings (SSSR count). The molecule has 0 aliphatic carbocycles. The van der Waals surface area contributed by atoms with Gasteiger partial charge in [0.25, 0.3) is 0 Å². The number of primary amides is 1. The lowest BCUT2D eigenvalue weighted by Crippen LogP contribution is -2.14. The number of aromatic carboxylic acids is 1. The third-order valence-electron chi connectivity index (χ3n) is 1.78. The molecule has 3 N–H and O–H groups in total. The summed E-state index contributed by atoms with van der Waals surface area (Å²) in [7, 11) is 0. The fourth-order valence-corrected chi connectivity index (χ4v) is 1.25. The molecule has 86 valence electrons. The van der Waals surface area contributed by atoms with Crippen molar-refractivity contribution in [3.05, 3.63) is 28.8 Å². The van der Waals surface area contributed by atoms with Crippen LogP contribution in [0.25, 0.3) is 0 Å². The van der Waals surface area contributed by atoms with E-state index in [1.54, 1.807) is 0 Å². The van der Waals surface area contributed by atoms with Crippen molar-refractivity contribution >= 4 is 23.5 Å². The predicted octanol–water partition coefficient (Wildman–Crippen LogP) is 1.29. The van der Waals surface area contributed by atoms with E-state index in [2.05, 4.69) is 0 Å². The molecule has 0 aliphatic rings. The summed E-state index contributed by atoms with van der Waals surface area (Å²) in [6.45, 7) is 0.113. The topological polar surface area (TPSA) is 89.6 Å². The van der Waals surface area contributed by atoms with E-state index in [4.69, 9.17) is 27.2 Å². The minimum atomic E-state index is -1.06. The number of halogens is 1. The van der Waals surface area contributed by atoms with Crippen LogP contribution in [0.2, 0.25) is 5.02 Å². The van der Waals surface area contributed by atoms with Gasteiger partial charge in [0.15, 0.2) is 0 Å². The summed E-state index contributed by atoms with van der Waals surface area (Å²) in [6.07, 6.45) is 0.0804. The van der Waals surface area contributed by atoms with E-state index in [0.29, 0.717) is 5.75 Å². The Morgan fingerprint density at radius 2 is 2.12 bits per heavy atom. The molecule has 0 saturated carbocycles. The smallest absolute Gasteiger partial charge is 0.335 e. The van der Waals surface area contributed by atoms with Crippen LogP contribution in [0.15, 0.2) is 18.2 Å². The monoisotopic (exact) mass is 243 g/mol. The van der Waals surface area contributed by atoms with E-state index >= 15 is 0 Å². The van der Waals surface area contributed by atoms with Crippen molar-refractivity contribution in [1.82, 2.24) is 0 Å². The lowest BCUT2D eigenvalue weighted by Gasteiger charge is -2.07. The quantitative estimate of drug-likeness (QED) is 0.815. The first-order chi connectivity index (χ1) is 7.50. The van der Waals surface area contributed by atoms with Crippen LogP contribution in [0, 0.1) is 0 Å². The lowest BCUT2D eigenvalue weighted by atomic mass is 10.2. The summed E-state index contributed by atoms with van der Waals surface area (Å²) < 4.78 is 5.16. The largest absolute Gasteiger partial charge is 0.491 e. The van der Waals surface area contributed by atoms with Gasteiger partial charge in [0.2, 0.25) is 5.91 Å². The van der Waals surface area contributed by atoms with Gasteiger partial charge in [0.1, 0.15) is 5.75 Å². The molecule has 0 bridgehead atoms. The average Bonchev–Trinajstić information content (AvgIpc) is 2.19. The first kappa shape index (κ1) is 12.3. The second-order valence-corrected chi connectivity index (χ2v) is 3.42. The summed E-state index contributed by atoms with van der Waals surface area (Å²) in [4.78, 5) is 21.1. The molecular formula is C10H10ClNO4. The molecule has 5 nitrogen and oxygen atoms in total. The summed E-state index contributed by atoms with van der Waals surface area (Å²) in [6, 6.07) is 4.09. The zero-order chi connectivity index (χ0) is 12.1. The van der Waals surface area contributed by atoms with Gasteiger partial charge in [-0.15, -0.1) is 0 Å². The highest BCUT2D eigenvalue weighted by molar-refractivity contribution is 6.32. The minimum absolute atomic E-state index is 0.0762. The van der Waals surface area contributed by atoms with E-state index in [1.807, 2.05) is 0 Å². The number of rotatable bonds is 5. The van der Waals surface area contributed by atoms with Gasteiger partial charge in [-0.05, 0) is 18.2 Å². The van der Waals surface area contributed by atoms with Crippen LogP contribution in [0.5, 0.6) is 5.75 Å². The molecule has 1 aromatic carbocycles. The van der Waals surface area contributed by atoms with Gasteiger partial charge in [-0.25, -0.2) is 4.79 Å². The Balaban J connectivity index is 2.68. The zero-order valence-electron chi connectivity index (χ0n) is 8.27. The Hall–Kier alpha value is -1.75. The van der Waals surface area contributed by atoms with Crippen LogP contribution < -0.4 is 10.5 Å². The van der Waals surface area contributed by atoms with Crippen molar-refractivity contribution in [3.8, 4) is 5.75 Å². The number of hydrogen-bond donors (Lipinski definition) is 2. The SMILES string of the molecule is NC(=O)CCOc1ccc(C(=O)O)cc1Cl. The Morgan fingerprint density at radius 3 is 2.62 bits per heavy atom. The first-order valence-corrected chi connectivity index (χ1v) is 4.82. The maximum absolute atomic E-state index is 10.6. The molecule has 0 spiro atoms. The molecule has 0 aromatic heterocycles. The molecule has 0 aliphatic heterocycles. The van der Waals surface area contributed by atoms with Crippen LogP contribution in [-0.4, -0.2) is 23.6 Å². The number of nitrogens with two attached hydrogens (primary N) is 1. The normalized spacial score (nSPS) is 9.81. The molecule has 0 fully saturated rings. The van der Waals surface area contributed by atoms with Gasteiger partial charge in [-0.2, -0.15) is 0 Å². The van der Waals surface area contributed by atoms with E-state index in [-0.39, 0.29) is 23.6 Å². The van der Waals surface area contributed by atoms with Crippen molar-refractivity contribution in [1.29, 1.82) is 0 Å². The Bertz CT molecular complexity index is 419. The van der Waals surface area contributed by atoms with Gasteiger partial charge in [-0.3, -0.25) is 4.79 Å². The number of hydrogen-bond acceptors (Lipinski definition) is 3. The molecule has 1 aromatic rings. The fraction of sp³-hybridized carbons (Fsp3) is 0.200. The van der Waals surface area contributed by atoms with E-state index in [0.717, 1.165) is 0 Å². The number of benzene rings is 1. The minimum Gasteiger partial charge on any atom is -0.491 e. The van der Waals surface area contributed by atoms with Gasteiger partial charge in [-0.1, -0.05) is 11.6 Å². The van der Waals surface area contributed by atoms with Gasteiger partial charge in [0.05, 0.1) is 23.6 Å². The fourth-order valence-electron chi connectivity index (χ4n) is 1.01. The second kappa shape index (κ2) is 5.37. The Morgan fingerprint density at radius 1 is 1.44 bits per heavy atom. The summed E-state index contributed by atoms with van der Waals surface area (Å²) in [5, 5.41) is 8.87. The Labute approximate surface area is 96.8 Å². The predicted molar refractivity (Wildman–Crippen MR) is 57.7 cm³/mol. The highest BCUT2D eigenvalue weighted by Crippen LogP contribution is 2.25. The van der Waals surface area contributed by atoms with Crippen molar-refractivity contribution in [3.63, 3.8) is 0 Å². The standard InChI is InChI=1S/C10H10ClNO4/c11-7-5-6(10(14)15)1-2-8(7)16-4-3-9(12)13/h1-2,5H,3-4H2,(H2,12,13)(H,14,15). The second-order valence-electron chi connectivity index (χ2n) is 3.02. The van der Waals surface area contributed by atoms with Crippen LogP contribution in [0.3, 0.4) is 0 Å². The molecule has 0 saturated heterocycles. The summed E-state index contributed by atoms with van der Waals surface area (Å²) in [5.41, 5.74) is 5.01. The van der Waals surface area contributed by atoms with Crippen molar-refractivity contribution < 1.29 is 19.4 Å². The third-order valence-corrected chi connectivity index (χ3v) is 2.08. The molecule has 16 heavy (non-hydrogen) atoms. The van der Waals surface area contributed by atoms with Crippen molar-refractivity contribution in [2.45, 2.75) is 6.42 Å². The van der Waals surface area contributed by atoms with Crippen LogP contribution in [-0.2, 0) is 4.79 Å². The molecular weight excluding hydrogens is 234 g/mol. The highest BCUT2D eigenvalue weighted by Gasteiger charge is 2.08. The molecule has 0 radical (unpaired) electrons. The third kappa shape index (κ3) is 3.43. The number of carbonyl (C=O) groups excluding carboxylic acids is 1. The van der Waals surface area contributed by atoms with Gasteiger partial charge < -0.3 is 15.6 Å². The number of amides is 1. The maximum Gasteiger partial charge on any atom is 0.335 e. The molecule has 1 amide bonds. The van der Waals surface area contributed by atoms with E-state index < -0.39 is 11.9 Å².